The Bertz CT molecular complexity index is 999. The molecule has 0 amide bonds. The fourth-order valence-corrected chi connectivity index (χ4v) is 5.52. The lowest BCUT2D eigenvalue weighted by atomic mass is 9.86. The lowest BCUT2D eigenvalue weighted by molar-refractivity contribution is -0.0950. The van der Waals surface area contributed by atoms with E-state index in [0.717, 1.165) is 20.9 Å². The average molecular weight is 506 g/mol. The Kier molecular flexibility index (Phi) is 8.63. The van der Waals surface area contributed by atoms with Gasteiger partial charge in [-0.25, -0.2) is 4.39 Å². The van der Waals surface area contributed by atoms with E-state index in [-0.39, 0.29) is 17.5 Å². The van der Waals surface area contributed by atoms with E-state index < -0.39 is 13.9 Å². The largest absolute Gasteiger partial charge is 0.411 e. The summed E-state index contributed by atoms with van der Waals surface area (Å²) in [5.74, 6) is -0.281. The Morgan fingerprint density at radius 2 is 1.76 bits per heavy atom. The van der Waals surface area contributed by atoms with Crippen molar-refractivity contribution < 1.29 is 23.5 Å². The van der Waals surface area contributed by atoms with Crippen LogP contribution in [0, 0.1) is 5.82 Å². The average Bonchev–Trinajstić information content (AvgIpc) is 2.79. The molecule has 1 aliphatic heterocycles. The van der Waals surface area contributed by atoms with Crippen molar-refractivity contribution >= 4 is 25.8 Å². The zero-order valence-corrected chi connectivity index (χ0v) is 22.8. The summed E-state index contributed by atoms with van der Waals surface area (Å²) in [6.07, 6.45) is 1.40. The van der Waals surface area contributed by atoms with Crippen LogP contribution in [0.15, 0.2) is 57.4 Å². The van der Waals surface area contributed by atoms with Crippen molar-refractivity contribution in [1.29, 1.82) is 0 Å². The van der Waals surface area contributed by atoms with Crippen LogP contribution in [0.3, 0.4) is 0 Å². The fourth-order valence-electron chi connectivity index (χ4n) is 3.68. The van der Waals surface area contributed by atoms with Gasteiger partial charge < -0.3 is 19.1 Å². The molecule has 1 aliphatic rings. The first-order valence-corrected chi connectivity index (χ1v) is 15.3. The van der Waals surface area contributed by atoms with E-state index in [4.69, 9.17) is 13.9 Å². The highest BCUT2D eigenvalue weighted by molar-refractivity contribution is 7.99. The summed E-state index contributed by atoms with van der Waals surface area (Å²) < 4.78 is 32.1. The highest BCUT2D eigenvalue weighted by Crippen LogP contribution is 2.39. The third-order valence-electron chi connectivity index (χ3n) is 7.01. The van der Waals surface area contributed by atoms with Crippen LogP contribution in [-0.4, -0.2) is 46.2 Å². The van der Waals surface area contributed by atoms with Crippen molar-refractivity contribution in [3.05, 3.63) is 59.4 Å². The molecule has 0 spiro atoms. The van der Waals surface area contributed by atoms with Crippen molar-refractivity contribution in [2.45, 2.75) is 67.1 Å². The van der Waals surface area contributed by atoms with Gasteiger partial charge in [-0.15, -0.1) is 0 Å². The summed E-state index contributed by atoms with van der Waals surface area (Å²) in [5.41, 5.74) is 1.62. The normalized spacial score (nSPS) is 17.1. The van der Waals surface area contributed by atoms with Crippen molar-refractivity contribution in [2.75, 3.05) is 26.9 Å². The molecule has 2 aromatic rings. The molecule has 0 unspecified atom stereocenters. The van der Waals surface area contributed by atoms with Gasteiger partial charge in [0, 0.05) is 48.5 Å². The minimum absolute atomic E-state index is 0.0733. The molecular weight excluding hydrogens is 469 g/mol. The number of oxime groups is 1. The second-order valence-corrected chi connectivity index (χ2v) is 16.2. The molecular formula is C26H36FNO4SSi. The van der Waals surface area contributed by atoms with Crippen LogP contribution in [0.5, 0.6) is 0 Å². The van der Waals surface area contributed by atoms with Crippen molar-refractivity contribution in [2.24, 2.45) is 5.16 Å². The van der Waals surface area contributed by atoms with E-state index in [1.165, 1.54) is 11.8 Å². The summed E-state index contributed by atoms with van der Waals surface area (Å²) in [7, 11) is -0.286. The van der Waals surface area contributed by atoms with Crippen LogP contribution in [0.1, 0.15) is 44.7 Å². The van der Waals surface area contributed by atoms with Crippen LogP contribution < -0.4 is 0 Å². The molecule has 0 saturated carbocycles. The van der Waals surface area contributed by atoms with Gasteiger partial charge in [-0.05, 0) is 54.0 Å². The molecule has 5 nitrogen and oxygen atoms in total. The molecule has 0 atom stereocenters. The van der Waals surface area contributed by atoms with Gasteiger partial charge >= 0.3 is 0 Å². The minimum Gasteiger partial charge on any atom is -0.411 e. The number of ether oxygens (including phenoxy) is 2. The Labute approximate surface area is 207 Å². The van der Waals surface area contributed by atoms with Crippen LogP contribution in [0.2, 0.25) is 18.1 Å². The summed E-state index contributed by atoms with van der Waals surface area (Å²) in [5, 5.41) is 13.1. The number of methoxy groups -OCH3 is 1. The second-order valence-electron chi connectivity index (χ2n) is 10.2. The molecule has 0 aromatic heterocycles. The topological polar surface area (TPSA) is 60.3 Å². The predicted molar refractivity (Wildman–Crippen MR) is 137 cm³/mol. The zero-order chi connectivity index (χ0) is 25.0. The first-order valence-electron chi connectivity index (χ1n) is 11.6. The Morgan fingerprint density at radius 1 is 1.12 bits per heavy atom. The molecule has 1 fully saturated rings. The maximum absolute atomic E-state index is 14.5. The van der Waals surface area contributed by atoms with E-state index in [1.807, 2.05) is 30.3 Å². The highest BCUT2D eigenvalue weighted by Gasteiger charge is 2.37. The van der Waals surface area contributed by atoms with Gasteiger partial charge in [0.1, 0.15) is 11.5 Å². The van der Waals surface area contributed by atoms with E-state index in [2.05, 4.69) is 39.0 Å². The van der Waals surface area contributed by atoms with Crippen LogP contribution in [0.25, 0.3) is 0 Å². The Balaban J connectivity index is 1.74. The molecule has 34 heavy (non-hydrogen) atoms. The molecule has 1 N–H and O–H groups in total. The van der Waals surface area contributed by atoms with Gasteiger partial charge in [0.15, 0.2) is 8.32 Å². The fraction of sp³-hybridized carbons (Fsp3) is 0.500. The maximum atomic E-state index is 14.5. The number of hydrogen-bond acceptors (Lipinski definition) is 6. The van der Waals surface area contributed by atoms with Gasteiger partial charge in [0.2, 0.25) is 0 Å². The number of hydrogen-bond donors (Lipinski definition) is 1. The zero-order valence-electron chi connectivity index (χ0n) is 21.0. The third-order valence-corrected chi connectivity index (χ3v) is 12.5. The van der Waals surface area contributed by atoms with E-state index >= 15 is 0 Å². The SMILES string of the molecule is COC1(c2cc(F)cc(Sc3ccc(/C(CO[Si](C)(C)C(C)(C)C)=N\O)cc3)c2)CCOCC1. The first-order chi connectivity index (χ1) is 16.0. The van der Waals surface area contributed by atoms with Crippen molar-refractivity contribution in [3.63, 3.8) is 0 Å². The summed E-state index contributed by atoms with van der Waals surface area (Å²) >= 11 is 1.48. The van der Waals surface area contributed by atoms with Crippen LogP contribution in [0.4, 0.5) is 4.39 Å². The number of nitrogens with zero attached hydrogens (tertiary/aromatic N) is 1. The molecule has 1 saturated heterocycles. The molecule has 1 heterocycles. The lowest BCUT2D eigenvalue weighted by Gasteiger charge is -2.36. The smallest absolute Gasteiger partial charge is 0.192 e. The maximum Gasteiger partial charge on any atom is 0.192 e. The Hall–Kier alpha value is -1.71. The summed E-state index contributed by atoms with van der Waals surface area (Å²) in [6.45, 7) is 12.3. The number of halogens is 1. The summed E-state index contributed by atoms with van der Waals surface area (Å²) in [6, 6.07) is 12.8. The second kappa shape index (κ2) is 10.9. The van der Waals surface area contributed by atoms with Crippen molar-refractivity contribution in [3.8, 4) is 0 Å². The predicted octanol–water partition coefficient (Wildman–Crippen LogP) is 6.83. The van der Waals surface area contributed by atoms with Gasteiger partial charge in [0.25, 0.3) is 0 Å². The molecule has 3 rings (SSSR count). The van der Waals surface area contributed by atoms with Crippen LogP contribution >= 0.6 is 11.8 Å². The lowest BCUT2D eigenvalue weighted by Crippen LogP contribution is -2.42. The van der Waals surface area contributed by atoms with Crippen LogP contribution in [-0.2, 0) is 19.5 Å². The molecule has 2 aromatic carbocycles. The third kappa shape index (κ3) is 6.29. The van der Waals surface area contributed by atoms with Crippen molar-refractivity contribution in [1.82, 2.24) is 0 Å². The standard InChI is InChI=1S/C26H36FNO4SSi/c1-25(2,3)34(5,6)32-18-24(28-29)19-7-9-22(10-8-19)33-23-16-20(15-21(27)17-23)26(30-4)11-13-31-14-12-26/h7-10,15-17,29H,11-14,18H2,1-6H3/b28-24-. The van der Waals surface area contributed by atoms with Gasteiger partial charge in [-0.2, -0.15) is 0 Å². The highest BCUT2D eigenvalue weighted by atomic mass is 32.2. The molecule has 0 radical (unpaired) electrons. The summed E-state index contributed by atoms with van der Waals surface area (Å²) in [4.78, 5) is 1.77. The minimum atomic E-state index is -1.96. The van der Waals surface area contributed by atoms with E-state index in [9.17, 15) is 9.60 Å². The van der Waals surface area contributed by atoms with E-state index in [1.54, 1.807) is 19.2 Å². The molecule has 186 valence electrons. The number of benzene rings is 2. The molecule has 0 aliphatic carbocycles. The quantitative estimate of drug-likeness (QED) is 0.184. The molecule has 0 bridgehead atoms. The van der Waals surface area contributed by atoms with E-state index in [0.29, 0.717) is 31.8 Å². The van der Waals surface area contributed by atoms with Gasteiger partial charge in [-0.3, -0.25) is 0 Å². The molecule has 8 heteroatoms. The monoisotopic (exact) mass is 505 g/mol. The number of rotatable bonds is 8. The van der Waals surface area contributed by atoms with Gasteiger partial charge in [0.05, 0.1) is 12.2 Å². The van der Waals surface area contributed by atoms with Gasteiger partial charge in [-0.1, -0.05) is 49.8 Å². The first kappa shape index (κ1) is 26.9. The Morgan fingerprint density at radius 3 is 2.32 bits per heavy atom.